The Morgan fingerprint density at radius 3 is 3.11 bits per heavy atom. The van der Waals surface area contributed by atoms with Gasteiger partial charge in [0.1, 0.15) is 0 Å². The number of nitrogens with one attached hydrogen (secondary N) is 2. The number of hydrazone groups is 2. The first-order valence-corrected chi connectivity index (χ1v) is 6.16. The van der Waals surface area contributed by atoms with E-state index < -0.39 is 0 Å². The molecule has 2 N–H and O–H groups in total. The molecule has 0 unspecified atom stereocenters. The highest BCUT2D eigenvalue weighted by atomic mass is 15.9. The van der Waals surface area contributed by atoms with Gasteiger partial charge in [-0.25, -0.2) is 5.53 Å². The van der Waals surface area contributed by atoms with Crippen molar-refractivity contribution in [2.24, 2.45) is 10.2 Å². The summed E-state index contributed by atoms with van der Waals surface area (Å²) in [6, 6.07) is 4.00. The standard InChI is InChI=1S/C12H15N7/c1-2-18(9-10-4-3-7-13-8-10)12-6-5-11-14-16-17-19(11)15-12/h3-8,16-17H,2,9H2,1H3. The third kappa shape index (κ3) is 2.41. The summed E-state index contributed by atoms with van der Waals surface area (Å²) in [6.07, 6.45) is 7.53. The minimum atomic E-state index is 0.751. The number of rotatable bonds is 3. The Hall–Kier alpha value is -2.41. The van der Waals surface area contributed by atoms with Gasteiger partial charge in [-0.2, -0.15) is 5.12 Å². The van der Waals surface area contributed by atoms with E-state index in [9.17, 15) is 0 Å². The molecular formula is C12H15N7. The molecule has 3 heterocycles. The van der Waals surface area contributed by atoms with Gasteiger partial charge >= 0.3 is 0 Å². The first kappa shape index (κ1) is 11.7. The number of hydrogen-bond donors (Lipinski definition) is 2. The predicted molar refractivity (Wildman–Crippen MR) is 72.4 cm³/mol. The van der Waals surface area contributed by atoms with E-state index in [0.717, 1.165) is 30.3 Å². The maximum absolute atomic E-state index is 4.48. The van der Waals surface area contributed by atoms with Crippen LogP contribution >= 0.6 is 0 Å². The van der Waals surface area contributed by atoms with Crippen molar-refractivity contribution in [1.29, 1.82) is 0 Å². The van der Waals surface area contributed by atoms with E-state index >= 15 is 0 Å². The van der Waals surface area contributed by atoms with Gasteiger partial charge in [0.15, 0.2) is 11.7 Å². The van der Waals surface area contributed by atoms with Gasteiger partial charge in [0.05, 0.1) is 0 Å². The largest absolute Gasteiger partial charge is 0.351 e. The fourth-order valence-electron chi connectivity index (χ4n) is 1.94. The molecule has 2 aliphatic heterocycles. The van der Waals surface area contributed by atoms with Crippen LogP contribution in [-0.2, 0) is 6.54 Å². The summed E-state index contributed by atoms with van der Waals surface area (Å²) in [7, 11) is 0. The number of likely N-dealkylation sites (N-methyl/N-ethyl adjacent to an activating group) is 1. The number of nitrogens with zero attached hydrogens (tertiary/aromatic N) is 5. The molecule has 0 saturated heterocycles. The molecule has 0 atom stereocenters. The highest BCUT2D eigenvalue weighted by Gasteiger charge is 2.20. The maximum atomic E-state index is 4.48. The van der Waals surface area contributed by atoms with Gasteiger partial charge in [-0.15, -0.1) is 15.7 Å². The minimum absolute atomic E-state index is 0.751. The van der Waals surface area contributed by atoms with Crippen LogP contribution in [0.1, 0.15) is 12.5 Å². The molecule has 1 aromatic heterocycles. The van der Waals surface area contributed by atoms with Gasteiger partial charge in [-0.3, -0.25) is 4.98 Å². The van der Waals surface area contributed by atoms with Crippen molar-refractivity contribution < 1.29 is 0 Å². The smallest absolute Gasteiger partial charge is 0.189 e. The van der Waals surface area contributed by atoms with Gasteiger partial charge in [0.25, 0.3) is 0 Å². The summed E-state index contributed by atoms with van der Waals surface area (Å²) in [4.78, 5) is 6.30. The van der Waals surface area contributed by atoms with Crippen molar-refractivity contribution in [2.75, 3.05) is 6.54 Å². The van der Waals surface area contributed by atoms with E-state index in [1.807, 2.05) is 24.4 Å². The van der Waals surface area contributed by atoms with Crippen molar-refractivity contribution in [3.63, 3.8) is 0 Å². The van der Waals surface area contributed by atoms with E-state index in [0.29, 0.717) is 0 Å². The molecule has 0 aliphatic carbocycles. The number of aromatic nitrogens is 1. The third-order valence-corrected chi connectivity index (χ3v) is 2.93. The Bertz CT molecular complexity index is 534. The van der Waals surface area contributed by atoms with Crippen LogP contribution < -0.4 is 11.1 Å². The number of amidine groups is 2. The summed E-state index contributed by atoms with van der Waals surface area (Å²) in [5, 5.41) is 10.1. The molecule has 0 fully saturated rings. The van der Waals surface area contributed by atoms with Crippen LogP contribution in [0.5, 0.6) is 0 Å². The Morgan fingerprint density at radius 1 is 1.37 bits per heavy atom. The van der Waals surface area contributed by atoms with Crippen molar-refractivity contribution in [1.82, 2.24) is 26.1 Å². The first-order chi connectivity index (χ1) is 9.36. The third-order valence-electron chi connectivity index (χ3n) is 2.93. The lowest BCUT2D eigenvalue weighted by atomic mass is 10.2. The van der Waals surface area contributed by atoms with E-state index in [2.05, 4.69) is 44.1 Å². The van der Waals surface area contributed by atoms with Crippen LogP contribution in [0.15, 0.2) is 46.9 Å². The Morgan fingerprint density at radius 2 is 2.32 bits per heavy atom. The van der Waals surface area contributed by atoms with E-state index in [4.69, 9.17) is 0 Å². The quantitative estimate of drug-likeness (QED) is 0.821. The highest BCUT2D eigenvalue weighted by Crippen LogP contribution is 2.10. The maximum Gasteiger partial charge on any atom is 0.189 e. The monoisotopic (exact) mass is 257 g/mol. The first-order valence-electron chi connectivity index (χ1n) is 6.16. The molecule has 0 aromatic carbocycles. The van der Waals surface area contributed by atoms with Gasteiger partial charge in [0, 0.05) is 25.5 Å². The van der Waals surface area contributed by atoms with Gasteiger partial charge in [-0.1, -0.05) is 6.07 Å². The number of fused-ring (bicyclic) bond motifs is 1. The lowest BCUT2D eigenvalue weighted by Crippen LogP contribution is -2.41. The second kappa shape index (κ2) is 5.07. The summed E-state index contributed by atoms with van der Waals surface area (Å²) < 4.78 is 0. The summed E-state index contributed by atoms with van der Waals surface area (Å²) in [5.41, 5.74) is 6.66. The Labute approximate surface area is 111 Å². The Kier molecular flexibility index (Phi) is 3.11. The second-order valence-corrected chi connectivity index (χ2v) is 4.17. The normalized spacial score (nSPS) is 16.6. The van der Waals surface area contributed by atoms with Gasteiger partial charge in [-0.05, 0) is 30.7 Å². The number of hydrogen-bond acceptors (Lipinski definition) is 7. The minimum Gasteiger partial charge on any atom is -0.351 e. The molecule has 98 valence electrons. The molecule has 0 amide bonds. The van der Waals surface area contributed by atoms with E-state index in [-0.39, 0.29) is 0 Å². The zero-order valence-corrected chi connectivity index (χ0v) is 10.6. The van der Waals surface area contributed by atoms with Crippen molar-refractivity contribution >= 4 is 11.7 Å². The average molecular weight is 257 g/mol. The SMILES string of the molecule is CCN(Cc1cccnc1)C1=NN2NNN=C2C=C1. The van der Waals surface area contributed by atoms with Crippen molar-refractivity contribution in [3.8, 4) is 0 Å². The van der Waals surface area contributed by atoms with Crippen molar-refractivity contribution in [3.05, 3.63) is 42.2 Å². The number of pyridine rings is 1. The molecule has 0 bridgehead atoms. The zero-order valence-electron chi connectivity index (χ0n) is 10.6. The topological polar surface area (TPSA) is 68.2 Å². The van der Waals surface area contributed by atoms with Crippen LogP contribution in [0, 0.1) is 0 Å². The average Bonchev–Trinajstić information content (AvgIpc) is 2.93. The molecule has 3 rings (SSSR count). The molecule has 7 nitrogen and oxygen atoms in total. The predicted octanol–water partition coefficient (Wildman–Crippen LogP) is 0.425. The second-order valence-electron chi connectivity index (χ2n) is 4.17. The summed E-state index contributed by atoms with van der Waals surface area (Å²) >= 11 is 0. The molecule has 7 heteroatoms. The lowest BCUT2D eigenvalue weighted by molar-refractivity contribution is 0.298. The molecule has 0 radical (unpaired) electrons. The highest BCUT2D eigenvalue weighted by molar-refractivity contribution is 6.05. The van der Waals surface area contributed by atoms with Crippen LogP contribution in [0.2, 0.25) is 0 Å². The molecule has 19 heavy (non-hydrogen) atoms. The zero-order chi connectivity index (χ0) is 13.1. The summed E-state index contributed by atoms with van der Waals surface area (Å²) in [6.45, 7) is 3.75. The Balaban J connectivity index is 1.76. The summed E-state index contributed by atoms with van der Waals surface area (Å²) in [5.74, 6) is 1.64. The molecule has 2 aliphatic rings. The number of hydrazine groups is 2. The van der Waals surface area contributed by atoms with Gasteiger partial charge in [0.2, 0.25) is 0 Å². The van der Waals surface area contributed by atoms with Crippen LogP contribution in [-0.4, -0.2) is 33.2 Å². The molecular weight excluding hydrogens is 242 g/mol. The van der Waals surface area contributed by atoms with Crippen LogP contribution in [0.25, 0.3) is 0 Å². The molecule has 0 spiro atoms. The molecule has 1 aromatic rings. The molecule has 0 saturated carbocycles. The van der Waals surface area contributed by atoms with E-state index in [1.165, 1.54) is 0 Å². The fourth-order valence-corrected chi connectivity index (χ4v) is 1.94. The van der Waals surface area contributed by atoms with E-state index in [1.54, 1.807) is 11.3 Å². The fraction of sp³-hybridized carbons (Fsp3) is 0.250. The van der Waals surface area contributed by atoms with Gasteiger partial charge < -0.3 is 4.90 Å². The van der Waals surface area contributed by atoms with Crippen LogP contribution in [0.4, 0.5) is 0 Å². The van der Waals surface area contributed by atoms with Crippen LogP contribution in [0.3, 0.4) is 0 Å². The lowest BCUT2D eigenvalue weighted by Gasteiger charge is -2.26. The van der Waals surface area contributed by atoms with Crippen molar-refractivity contribution in [2.45, 2.75) is 13.5 Å².